The van der Waals surface area contributed by atoms with Gasteiger partial charge in [0.05, 0.1) is 0 Å². The molecule has 14 heavy (non-hydrogen) atoms. The highest BCUT2D eigenvalue weighted by Gasteiger charge is 1.91. The van der Waals surface area contributed by atoms with Crippen molar-refractivity contribution >= 4 is 21.7 Å². The van der Waals surface area contributed by atoms with Crippen LogP contribution in [0.15, 0.2) is 53.4 Å². The van der Waals surface area contributed by atoms with Gasteiger partial charge < -0.3 is 4.98 Å². The van der Waals surface area contributed by atoms with Gasteiger partial charge in [-0.15, -0.1) is 0 Å². The van der Waals surface area contributed by atoms with E-state index < -0.39 is 0 Å². The molecule has 0 radical (unpaired) electrons. The van der Waals surface area contributed by atoms with Crippen LogP contribution < -0.4 is 4.68 Å². The van der Waals surface area contributed by atoms with Gasteiger partial charge in [0.1, 0.15) is 0 Å². The lowest BCUT2D eigenvalue weighted by molar-refractivity contribution is -0.619. The molecule has 70 valence electrons. The van der Waals surface area contributed by atoms with Crippen LogP contribution in [0, 0.1) is 0 Å². The molecular weight excluding hydrogens is 242 g/mol. The lowest BCUT2D eigenvalue weighted by Gasteiger charge is -2.07. The summed E-state index contributed by atoms with van der Waals surface area (Å²) in [5.41, 5.74) is 4.27. The molecule has 0 aromatic carbocycles. The molecule has 0 bridgehead atoms. The fraction of sp³-hybridized carbons (Fsp3) is 0. The minimum atomic E-state index is 0.685. The molecule has 0 saturated carbocycles. The number of hydrogen-bond acceptors (Lipinski definition) is 1. The van der Waals surface area contributed by atoms with Crippen LogP contribution in [0.3, 0.4) is 0 Å². The summed E-state index contributed by atoms with van der Waals surface area (Å²) in [5, 5.41) is 0. The number of rotatable bonds is 2. The van der Waals surface area contributed by atoms with Crippen LogP contribution in [-0.2, 0) is 0 Å². The molecule has 0 N–H and O–H groups in total. The summed E-state index contributed by atoms with van der Waals surface area (Å²) in [6, 6.07) is 9.55. The maximum Gasteiger partial charge on any atom is 0.182 e. The number of halogens is 1. The van der Waals surface area contributed by atoms with Crippen molar-refractivity contribution in [3.05, 3.63) is 58.8 Å². The van der Waals surface area contributed by atoms with E-state index in [1.807, 2.05) is 42.7 Å². The lowest BCUT2D eigenvalue weighted by Crippen LogP contribution is -2.26. The monoisotopic (exact) mass is 249 g/mol. The maximum absolute atomic E-state index is 4.27. The molecule has 3 nitrogen and oxygen atoms in total. The Morgan fingerprint density at radius 2 is 1.93 bits per heavy atom. The molecule has 0 aliphatic carbocycles. The third-order valence-electron chi connectivity index (χ3n) is 1.63. The van der Waals surface area contributed by atoms with Gasteiger partial charge in [-0.3, -0.25) is 0 Å². The fourth-order valence-electron chi connectivity index (χ4n) is 1.00. The van der Waals surface area contributed by atoms with E-state index in [1.54, 1.807) is 10.9 Å². The Balaban J connectivity index is 2.16. The number of aromatic nitrogens is 2. The van der Waals surface area contributed by atoms with Crippen LogP contribution in [-0.4, -0.2) is 4.98 Å². The van der Waals surface area contributed by atoms with Crippen molar-refractivity contribution in [1.29, 1.82) is 0 Å². The van der Waals surface area contributed by atoms with Crippen molar-refractivity contribution in [1.82, 2.24) is 4.98 Å². The molecule has 0 fully saturated rings. The Morgan fingerprint density at radius 1 is 1.14 bits per heavy atom. The topological polar surface area (TPSA) is 30.9 Å². The zero-order valence-electron chi connectivity index (χ0n) is 7.34. The highest BCUT2D eigenvalue weighted by atomic mass is 79.9. The van der Waals surface area contributed by atoms with Gasteiger partial charge in [0, 0.05) is 22.4 Å². The molecule has 0 aliphatic heterocycles. The van der Waals surface area contributed by atoms with E-state index in [-0.39, 0.29) is 0 Å². The summed E-state index contributed by atoms with van der Waals surface area (Å²) in [4.78, 5) is 4.14. The third kappa shape index (κ3) is 2.29. The summed E-state index contributed by atoms with van der Waals surface area (Å²) in [6.07, 6.45) is 5.45. The first kappa shape index (κ1) is 9.15. The van der Waals surface area contributed by atoms with Gasteiger partial charge in [0.2, 0.25) is 0 Å². The summed E-state index contributed by atoms with van der Waals surface area (Å²) in [7, 11) is 0. The fourth-order valence-corrected chi connectivity index (χ4v) is 1.24. The highest BCUT2D eigenvalue weighted by Crippen LogP contribution is 2.14. The van der Waals surface area contributed by atoms with E-state index >= 15 is 0 Å². The first-order chi connectivity index (χ1) is 6.84. The zero-order chi connectivity index (χ0) is 9.80. The third-order valence-corrected chi connectivity index (χ3v) is 2.10. The second-order valence-electron chi connectivity index (χ2n) is 2.69. The van der Waals surface area contributed by atoms with Crippen molar-refractivity contribution in [2.24, 2.45) is 0 Å². The number of nitrogens with zero attached hydrogens (tertiary/aromatic N) is 3. The molecule has 2 rings (SSSR count). The lowest BCUT2D eigenvalue weighted by atomic mass is 10.5. The molecule has 0 saturated heterocycles. The normalized spacial score (nSPS) is 9.79. The molecule has 0 amide bonds. The van der Waals surface area contributed by atoms with E-state index in [4.69, 9.17) is 0 Å². The predicted molar refractivity (Wildman–Crippen MR) is 57.0 cm³/mol. The van der Waals surface area contributed by atoms with Crippen LogP contribution in [0.2, 0.25) is 0 Å². The van der Waals surface area contributed by atoms with E-state index in [0.717, 1.165) is 4.47 Å². The molecule has 0 unspecified atom stereocenters. The van der Waals surface area contributed by atoms with E-state index in [1.165, 1.54) is 0 Å². The molecular formula is C10H8BrN3. The van der Waals surface area contributed by atoms with Crippen molar-refractivity contribution < 1.29 is 4.68 Å². The van der Waals surface area contributed by atoms with Crippen LogP contribution in [0.4, 0.5) is 5.82 Å². The summed E-state index contributed by atoms with van der Waals surface area (Å²) in [6.45, 7) is 0. The minimum Gasteiger partial charge on any atom is -0.437 e. The standard InChI is InChI=1S/C10H8BrN3/c11-9-4-5-10(12-8-9)13-14-6-2-1-3-7-14/h1-8H. The van der Waals surface area contributed by atoms with E-state index in [9.17, 15) is 0 Å². The Bertz CT molecular complexity index is 399. The number of hydrogen-bond donors (Lipinski definition) is 0. The first-order valence-corrected chi connectivity index (χ1v) is 4.94. The average Bonchev–Trinajstić information content (AvgIpc) is 2.23. The molecule has 0 spiro atoms. The van der Waals surface area contributed by atoms with E-state index in [0.29, 0.717) is 5.82 Å². The van der Waals surface area contributed by atoms with Crippen LogP contribution in [0.1, 0.15) is 0 Å². The molecule has 2 aromatic heterocycles. The first-order valence-electron chi connectivity index (χ1n) is 4.14. The highest BCUT2D eigenvalue weighted by molar-refractivity contribution is 9.10. The van der Waals surface area contributed by atoms with Crippen molar-refractivity contribution in [3.63, 3.8) is 0 Å². The van der Waals surface area contributed by atoms with Crippen molar-refractivity contribution in [3.8, 4) is 0 Å². The Kier molecular flexibility index (Phi) is 2.74. The summed E-state index contributed by atoms with van der Waals surface area (Å²) >= 11 is 3.32. The number of pyridine rings is 2. The second-order valence-corrected chi connectivity index (χ2v) is 3.61. The largest absolute Gasteiger partial charge is 0.437 e. The van der Waals surface area contributed by atoms with E-state index in [2.05, 4.69) is 26.3 Å². The van der Waals surface area contributed by atoms with Gasteiger partial charge in [-0.2, -0.15) is 10.1 Å². The predicted octanol–water partition coefficient (Wildman–Crippen LogP) is 2.60. The molecule has 2 aromatic rings. The smallest absolute Gasteiger partial charge is 0.182 e. The Hall–Kier alpha value is -1.42. The minimum absolute atomic E-state index is 0.685. The molecule has 2 heterocycles. The summed E-state index contributed by atoms with van der Waals surface area (Å²) in [5.74, 6) is 0.685. The Labute approximate surface area is 90.5 Å². The van der Waals surface area contributed by atoms with Gasteiger partial charge >= 0.3 is 0 Å². The van der Waals surface area contributed by atoms with Gasteiger partial charge in [0.15, 0.2) is 12.4 Å². The van der Waals surface area contributed by atoms with Crippen molar-refractivity contribution in [2.45, 2.75) is 0 Å². The maximum atomic E-state index is 4.27. The average molecular weight is 250 g/mol. The van der Waals surface area contributed by atoms with Gasteiger partial charge in [-0.1, -0.05) is 34.3 Å². The van der Waals surface area contributed by atoms with Crippen molar-refractivity contribution in [2.75, 3.05) is 0 Å². The van der Waals surface area contributed by atoms with Crippen LogP contribution in [0.25, 0.3) is 5.43 Å². The van der Waals surface area contributed by atoms with Gasteiger partial charge in [-0.05, 0) is 6.07 Å². The zero-order valence-corrected chi connectivity index (χ0v) is 8.92. The SMILES string of the molecule is Brc1ccc([N-][n+]2ccccc2)nc1. The summed E-state index contributed by atoms with van der Waals surface area (Å²) < 4.78 is 2.67. The van der Waals surface area contributed by atoms with Crippen LogP contribution >= 0.6 is 15.9 Å². The Morgan fingerprint density at radius 3 is 2.57 bits per heavy atom. The quantitative estimate of drug-likeness (QED) is 0.753. The second kappa shape index (κ2) is 4.19. The molecule has 4 heteroatoms. The van der Waals surface area contributed by atoms with Gasteiger partial charge in [0.25, 0.3) is 0 Å². The van der Waals surface area contributed by atoms with Gasteiger partial charge in [-0.25, -0.2) is 0 Å². The van der Waals surface area contributed by atoms with Crippen LogP contribution in [0.5, 0.6) is 0 Å². The molecule has 0 atom stereocenters. The molecule has 0 aliphatic rings.